The van der Waals surface area contributed by atoms with Crippen LogP contribution in [0.4, 0.5) is 0 Å². The molecule has 106 valence electrons. The van der Waals surface area contributed by atoms with Crippen LogP contribution >= 0.6 is 0 Å². The van der Waals surface area contributed by atoms with Crippen LogP contribution in [-0.2, 0) is 6.42 Å². The van der Waals surface area contributed by atoms with Crippen LogP contribution in [0.1, 0.15) is 45.0 Å². The van der Waals surface area contributed by atoms with Gasteiger partial charge in [0.1, 0.15) is 0 Å². The molecular formula is C19H25N. The van der Waals surface area contributed by atoms with Crippen LogP contribution in [0.2, 0.25) is 0 Å². The van der Waals surface area contributed by atoms with E-state index in [-0.39, 0.29) is 6.04 Å². The van der Waals surface area contributed by atoms with E-state index in [0.29, 0.717) is 0 Å². The molecule has 0 amide bonds. The van der Waals surface area contributed by atoms with Gasteiger partial charge in [0.05, 0.1) is 0 Å². The second-order valence-electron chi connectivity index (χ2n) is 5.98. The van der Waals surface area contributed by atoms with Crippen molar-refractivity contribution in [2.75, 3.05) is 0 Å². The molecule has 1 heteroatoms. The van der Waals surface area contributed by atoms with Gasteiger partial charge in [-0.25, -0.2) is 0 Å². The lowest BCUT2D eigenvalue weighted by atomic mass is 9.89. The van der Waals surface area contributed by atoms with Gasteiger partial charge in [-0.15, -0.1) is 0 Å². The molecule has 20 heavy (non-hydrogen) atoms. The Balaban J connectivity index is 2.33. The third kappa shape index (κ3) is 2.94. The zero-order chi connectivity index (χ0) is 14.9. The maximum absolute atomic E-state index is 6.47. The highest BCUT2D eigenvalue weighted by atomic mass is 14.6. The second kappa shape index (κ2) is 5.80. The average Bonchev–Trinajstić information content (AvgIpc) is 2.36. The lowest BCUT2D eigenvalue weighted by Crippen LogP contribution is -2.16. The summed E-state index contributed by atoms with van der Waals surface area (Å²) in [4.78, 5) is 0. The molecule has 0 bridgehead atoms. The molecule has 0 fully saturated rings. The molecule has 2 aromatic carbocycles. The molecule has 1 atom stereocenters. The summed E-state index contributed by atoms with van der Waals surface area (Å²) >= 11 is 0. The van der Waals surface area contributed by atoms with Crippen molar-refractivity contribution >= 4 is 0 Å². The average molecular weight is 267 g/mol. The van der Waals surface area contributed by atoms with E-state index in [0.717, 1.165) is 6.42 Å². The molecule has 1 unspecified atom stereocenters. The molecule has 2 aromatic rings. The smallest absolute Gasteiger partial charge is 0.0338 e. The largest absolute Gasteiger partial charge is 0.324 e. The monoisotopic (exact) mass is 267 g/mol. The molecule has 0 aliphatic heterocycles. The summed E-state index contributed by atoms with van der Waals surface area (Å²) in [5.41, 5.74) is 15.8. The van der Waals surface area contributed by atoms with Gasteiger partial charge in [-0.05, 0) is 74.4 Å². The molecule has 0 aliphatic rings. The first-order valence-electron chi connectivity index (χ1n) is 7.28. The van der Waals surface area contributed by atoms with Crippen molar-refractivity contribution in [3.05, 3.63) is 69.3 Å². The standard InChI is InChI=1S/C19H25N/c1-12-9-14(3)18(15(4)10-12)11-19(20)17-8-6-7-13(2)16(17)5/h6-10,19H,11,20H2,1-5H3. The van der Waals surface area contributed by atoms with Crippen LogP contribution in [0, 0.1) is 34.6 Å². The van der Waals surface area contributed by atoms with Crippen LogP contribution in [-0.4, -0.2) is 0 Å². The minimum absolute atomic E-state index is 0.0648. The molecule has 0 spiro atoms. The minimum atomic E-state index is 0.0648. The Labute approximate surface area is 122 Å². The third-order valence-corrected chi connectivity index (χ3v) is 4.31. The minimum Gasteiger partial charge on any atom is -0.324 e. The molecule has 0 heterocycles. The van der Waals surface area contributed by atoms with Gasteiger partial charge in [-0.3, -0.25) is 0 Å². The van der Waals surface area contributed by atoms with Crippen molar-refractivity contribution in [3.8, 4) is 0 Å². The summed E-state index contributed by atoms with van der Waals surface area (Å²) in [7, 11) is 0. The number of nitrogens with two attached hydrogens (primary N) is 1. The Morgan fingerprint density at radius 1 is 0.900 bits per heavy atom. The predicted octanol–water partition coefficient (Wildman–Crippen LogP) is 4.47. The SMILES string of the molecule is Cc1cc(C)c(CC(N)c2cccc(C)c2C)c(C)c1. The third-order valence-electron chi connectivity index (χ3n) is 4.31. The van der Waals surface area contributed by atoms with Crippen LogP contribution in [0.3, 0.4) is 0 Å². The molecular weight excluding hydrogens is 242 g/mol. The maximum Gasteiger partial charge on any atom is 0.0338 e. The number of hydrogen-bond donors (Lipinski definition) is 1. The Morgan fingerprint density at radius 2 is 1.50 bits per heavy atom. The molecule has 0 saturated carbocycles. The number of rotatable bonds is 3. The summed E-state index contributed by atoms with van der Waals surface area (Å²) in [6, 6.07) is 11.0. The highest BCUT2D eigenvalue weighted by molar-refractivity contribution is 5.41. The van der Waals surface area contributed by atoms with Crippen LogP contribution < -0.4 is 5.73 Å². The van der Waals surface area contributed by atoms with Crippen LogP contribution in [0.15, 0.2) is 30.3 Å². The highest BCUT2D eigenvalue weighted by Gasteiger charge is 2.13. The van der Waals surface area contributed by atoms with Crippen LogP contribution in [0.25, 0.3) is 0 Å². The van der Waals surface area contributed by atoms with Gasteiger partial charge in [0, 0.05) is 6.04 Å². The Bertz CT molecular complexity index is 603. The summed E-state index contributed by atoms with van der Waals surface area (Å²) in [5.74, 6) is 0. The van der Waals surface area contributed by atoms with Crippen molar-refractivity contribution in [2.24, 2.45) is 5.73 Å². The van der Waals surface area contributed by atoms with Gasteiger partial charge in [0.25, 0.3) is 0 Å². The normalized spacial score (nSPS) is 12.5. The fraction of sp³-hybridized carbons (Fsp3) is 0.368. The number of hydrogen-bond acceptors (Lipinski definition) is 1. The fourth-order valence-electron chi connectivity index (χ4n) is 3.04. The molecule has 0 aliphatic carbocycles. The maximum atomic E-state index is 6.47. The molecule has 0 radical (unpaired) electrons. The predicted molar refractivity (Wildman–Crippen MR) is 87.2 cm³/mol. The van der Waals surface area contributed by atoms with Crippen molar-refractivity contribution in [1.82, 2.24) is 0 Å². The lowest BCUT2D eigenvalue weighted by Gasteiger charge is -2.19. The molecule has 0 saturated heterocycles. The van der Waals surface area contributed by atoms with Gasteiger partial charge in [0.15, 0.2) is 0 Å². The first kappa shape index (κ1) is 14.8. The van der Waals surface area contributed by atoms with Gasteiger partial charge in [-0.1, -0.05) is 35.9 Å². The first-order valence-corrected chi connectivity index (χ1v) is 7.28. The van der Waals surface area contributed by atoms with Gasteiger partial charge in [0.2, 0.25) is 0 Å². The van der Waals surface area contributed by atoms with Gasteiger partial charge in [-0.2, -0.15) is 0 Å². The highest BCUT2D eigenvalue weighted by Crippen LogP contribution is 2.25. The summed E-state index contributed by atoms with van der Waals surface area (Å²) < 4.78 is 0. The van der Waals surface area contributed by atoms with E-state index in [4.69, 9.17) is 5.73 Å². The lowest BCUT2D eigenvalue weighted by molar-refractivity contribution is 0.709. The Kier molecular flexibility index (Phi) is 4.29. The number of aryl methyl sites for hydroxylation is 4. The fourth-order valence-corrected chi connectivity index (χ4v) is 3.04. The Morgan fingerprint density at radius 3 is 2.10 bits per heavy atom. The zero-order valence-corrected chi connectivity index (χ0v) is 13.2. The van der Waals surface area contributed by atoms with Crippen LogP contribution in [0.5, 0.6) is 0 Å². The van der Waals surface area contributed by atoms with Gasteiger partial charge < -0.3 is 5.73 Å². The van der Waals surface area contributed by atoms with E-state index in [1.165, 1.54) is 38.9 Å². The summed E-state index contributed by atoms with van der Waals surface area (Å²) in [6.45, 7) is 10.8. The topological polar surface area (TPSA) is 26.0 Å². The van der Waals surface area contributed by atoms with E-state index in [9.17, 15) is 0 Å². The summed E-state index contributed by atoms with van der Waals surface area (Å²) in [6.07, 6.45) is 0.905. The van der Waals surface area contributed by atoms with E-state index in [1.807, 2.05) is 0 Å². The summed E-state index contributed by atoms with van der Waals surface area (Å²) in [5, 5.41) is 0. The van der Waals surface area contributed by atoms with Crippen molar-refractivity contribution in [1.29, 1.82) is 0 Å². The van der Waals surface area contributed by atoms with Crippen molar-refractivity contribution < 1.29 is 0 Å². The first-order chi connectivity index (χ1) is 9.40. The van der Waals surface area contributed by atoms with E-state index < -0.39 is 0 Å². The molecule has 0 aromatic heterocycles. The van der Waals surface area contributed by atoms with Gasteiger partial charge >= 0.3 is 0 Å². The zero-order valence-electron chi connectivity index (χ0n) is 13.2. The van der Waals surface area contributed by atoms with E-state index in [2.05, 4.69) is 65.0 Å². The van der Waals surface area contributed by atoms with Crippen molar-refractivity contribution in [3.63, 3.8) is 0 Å². The van der Waals surface area contributed by atoms with Crippen molar-refractivity contribution in [2.45, 2.75) is 47.1 Å². The second-order valence-corrected chi connectivity index (χ2v) is 5.98. The van der Waals surface area contributed by atoms with E-state index in [1.54, 1.807) is 0 Å². The molecule has 2 N–H and O–H groups in total. The Hall–Kier alpha value is -1.60. The number of benzene rings is 2. The molecule has 2 rings (SSSR count). The quantitative estimate of drug-likeness (QED) is 0.872. The molecule has 1 nitrogen and oxygen atoms in total. The van der Waals surface area contributed by atoms with E-state index >= 15 is 0 Å².